The van der Waals surface area contributed by atoms with E-state index in [2.05, 4.69) is 5.59 Å². The lowest BCUT2D eigenvalue weighted by Crippen LogP contribution is -3.10. The van der Waals surface area contributed by atoms with Gasteiger partial charge in [-0.1, -0.05) is 0 Å². The van der Waals surface area contributed by atoms with Crippen LogP contribution in [0.5, 0.6) is 0 Å². The van der Waals surface area contributed by atoms with E-state index in [0.717, 1.165) is 0 Å². The minimum atomic E-state index is -0.297. The maximum absolute atomic E-state index is 11.1. The van der Waals surface area contributed by atoms with Gasteiger partial charge in [0.05, 0.1) is 5.94 Å². The molecule has 0 fully saturated rings. The Labute approximate surface area is 77.5 Å². The van der Waals surface area contributed by atoms with Crippen LogP contribution in [0.1, 0.15) is 13.8 Å². The predicted molar refractivity (Wildman–Crippen MR) is 50.1 cm³/mol. The minimum Gasteiger partial charge on any atom is -0.621 e. The number of hydrogen-bond acceptors (Lipinski definition) is 4. The normalized spacial score (nSPS) is 13.8. The van der Waals surface area contributed by atoms with Crippen molar-refractivity contribution in [1.82, 2.24) is 5.01 Å². The molecule has 0 aliphatic carbocycles. The van der Waals surface area contributed by atoms with Crippen LogP contribution in [0.15, 0.2) is 0 Å². The fraction of sp³-hybridized carbons (Fsp3) is 1.00. The molecule has 1 N–H and O–H groups in total. The quantitative estimate of drug-likeness (QED) is 0.356. The van der Waals surface area contributed by atoms with Gasteiger partial charge in [-0.25, -0.2) is 0 Å². The van der Waals surface area contributed by atoms with Crippen LogP contribution in [0.25, 0.3) is 5.59 Å². The van der Waals surface area contributed by atoms with E-state index < -0.39 is 0 Å². The maximum atomic E-state index is 11.1. The second-order valence-electron chi connectivity index (χ2n) is 2.08. The van der Waals surface area contributed by atoms with Gasteiger partial charge in [0.1, 0.15) is 0 Å². The van der Waals surface area contributed by atoms with Crippen molar-refractivity contribution in [2.45, 2.75) is 13.8 Å². The predicted octanol–water partition coefficient (Wildman–Crippen LogP) is 0.167. The van der Waals surface area contributed by atoms with E-state index in [1.807, 2.05) is 20.1 Å². The lowest BCUT2D eigenvalue weighted by molar-refractivity contribution is -0.951. The molecule has 74 valence electrons. The van der Waals surface area contributed by atoms with Gasteiger partial charge in [-0.3, -0.25) is 0 Å². The zero-order valence-electron chi connectivity index (χ0n) is 7.74. The molecule has 0 amide bonds. The second-order valence-corrected chi connectivity index (χ2v) is 2.89. The third-order valence-corrected chi connectivity index (χ3v) is 1.69. The third kappa shape index (κ3) is 4.91. The molecule has 0 aromatic rings. The Hall–Kier alpha value is 0.150. The van der Waals surface area contributed by atoms with Gasteiger partial charge < -0.3 is 20.9 Å². The molecule has 0 saturated heterocycles. The van der Waals surface area contributed by atoms with E-state index in [-0.39, 0.29) is 5.28 Å². The molecule has 0 aliphatic heterocycles. The van der Waals surface area contributed by atoms with Crippen LogP contribution >= 0.6 is 11.8 Å². The van der Waals surface area contributed by atoms with Crippen molar-refractivity contribution in [3.8, 4) is 0 Å². The highest BCUT2D eigenvalue weighted by Gasteiger charge is 1.98. The first kappa shape index (κ1) is 12.2. The first-order valence-electron chi connectivity index (χ1n) is 3.87. The van der Waals surface area contributed by atoms with Gasteiger partial charge in [-0.2, -0.15) is 5.01 Å². The highest BCUT2D eigenvalue weighted by Crippen LogP contribution is 1.92. The molecule has 0 spiro atoms. The molecule has 6 heteroatoms. The SMILES string of the molecule is CCN(CC)[NH+]([O-])[N-]OCSC. The third-order valence-electron chi connectivity index (χ3n) is 1.35. The summed E-state index contributed by atoms with van der Waals surface area (Å²) in [6, 6.07) is 0. The molecule has 0 aliphatic rings. The van der Waals surface area contributed by atoms with Crippen LogP contribution in [0.2, 0.25) is 0 Å². The Morgan fingerprint density at radius 2 is 2.08 bits per heavy atom. The zero-order chi connectivity index (χ0) is 9.40. The van der Waals surface area contributed by atoms with Gasteiger partial charge in [0.25, 0.3) is 0 Å². The van der Waals surface area contributed by atoms with Crippen LogP contribution in [0.3, 0.4) is 0 Å². The zero-order valence-corrected chi connectivity index (χ0v) is 8.56. The summed E-state index contributed by atoms with van der Waals surface area (Å²) >= 11 is 1.48. The van der Waals surface area contributed by atoms with E-state index in [0.29, 0.717) is 19.0 Å². The number of thioether (sulfide) groups is 1. The van der Waals surface area contributed by atoms with Crippen molar-refractivity contribution < 1.29 is 10.1 Å². The van der Waals surface area contributed by atoms with Gasteiger partial charge >= 0.3 is 0 Å². The Balaban J connectivity index is 3.47. The summed E-state index contributed by atoms with van der Waals surface area (Å²) < 4.78 is 0. The second kappa shape index (κ2) is 7.78. The van der Waals surface area contributed by atoms with Crippen molar-refractivity contribution in [2.75, 3.05) is 25.3 Å². The molecule has 5 nitrogen and oxygen atoms in total. The molecular weight excluding hydrogens is 178 g/mol. The van der Waals surface area contributed by atoms with Crippen LogP contribution in [-0.2, 0) is 4.84 Å². The van der Waals surface area contributed by atoms with Crippen molar-refractivity contribution >= 4 is 11.8 Å². The van der Waals surface area contributed by atoms with Crippen LogP contribution in [0, 0.1) is 5.21 Å². The molecular formula is C6H16N3O2S-. The van der Waals surface area contributed by atoms with Crippen LogP contribution < -0.4 is 5.28 Å². The van der Waals surface area contributed by atoms with Gasteiger partial charge in [0, 0.05) is 13.1 Å². The van der Waals surface area contributed by atoms with E-state index in [1.54, 1.807) is 5.01 Å². The number of nitrogens with one attached hydrogen (secondary N) is 1. The molecule has 12 heavy (non-hydrogen) atoms. The Bertz CT molecular complexity index is 103. The topological polar surface area (TPSA) is 54.1 Å². The minimum absolute atomic E-state index is 0.297. The molecule has 0 radical (unpaired) electrons. The van der Waals surface area contributed by atoms with Crippen molar-refractivity contribution in [1.29, 1.82) is 0 Å². The van der Waals surface area contributed by atoms with Crippen LogP contribution in [0.4, 0.5) is 0 Å². The van der Waals surface area contributed by atoms with Crippen molar-refractivity contribution in [3.05, 3.63) is 10.8 Å². The highest BCUT2D eigenvalue weighted by atomic mass is 32.2. The summed E-state index contributed by atoms with van der Waals surface area (Å²) in [6.07, 6.45) is 1.89. The molecule has 0 saturated carbocycles. The van der Waals surface area contributed by atoms with Gasteiger partial charge in [-0.15, -0.1) is 11.8 Å². The molecule has 0 heterocycles. The molecule has 1 unspecified atom stereocenters. The first-order valence-corrected chi connectivity index (χ1v) is 5.26. The lowest BCUT2D eigenvalue weighted by atomic mass is 10.6. The average molecular weight is 194 g/mol. The van der Waals surface area contributed by atoms with E-state index >= 15 is 0 Å². The number of quaternary nitrogens is 1. The monoisotopic (exact) mass is 194 g/mol. The Kier molecular flexibility index (Phi) is 7.88. The summed E-state index contributed by atoms with van der Waals surface area (Å²) in [5.41, 5.74) is 3.42. The lowest BCUT2D eigenvalue weighted by Gasteiger charge is -2.40. The van der Waals surface area contributed by atoms with Gasteiger partial charge in [0.15, 0.2) is 0 Å². The average Bonchev–Trinajstić information content (AvgIpc) is 2.07. The Morgan fingerprint density at radius 3 is 2.50 bits per heavy atom. The number of hydrogen-bond donors (Lipinski definition) is 1. The largest absolute Gasteiger partial charge is 0.621 e. The fourth-order valence-corrected chi connectivity index (χ4v) is 0.844. The van der Waals surface area contributed by atoms with Gasteiger partial charge in [-0.05, 0) is 20.1 Å². The van der Waals surface area contributed by atoms with E-state index in [4.69, 9.17) is 4.84 Å². The smallest absolute Gasteiger partial charge is 0.0762 e. The molecule has 0 aromatic carbocycles. The van der Waals surface area contributed by atoms with Crippen molar-refractivity contribution in [3.63, 3.8) is 0 Å². The summed E-state index contributed by atoms with van der Waals surface area (Å²) in [7, 11) is 0. The summed E-state index contributed by atoms with van der Waals surface area (Å²) in [6.45, 7) is 5.15. The highest BCUT2D eigenvalue weighted by molar-refractivity contribution is 7.98. The number of rotatable bonds is 7. The summed E-state index contributed by atoms with van der Waals surface area (Å²) in [5.74, 6) is 0.424. The standard InChI is InChI=1S/C6H16N3O2S/c1-4-8(5-2)9(10)7-11-6-12-3/h9H,4-6H2,1-3H3/q-1. The Morgan fingerprint density at radius 1 is 1.50 bits per heavy atom. The van der Waals surface area contributed by atoms with Crippen LogP contribution in [-0.4, -0.2) is 30.3 Å². The first-order chi connectivity index (χ1) is 5.76. The summed E-state index contributed by atoms with van der Waals surface area (Å²) in [4.78, 5) is 4.73. The summed E-state index contributed by atoms with van der Waals surface area (Å²) in [5, 5.41) is 12.4. The fourth-order valence-electron chi connectivity index (χ4n) is 0.686. The van der Waals surface area contributed by atoms with Crippen molar-refractivity contribution in [2.24, 2.45) is 0 Å². The maximum Gasteiger partial charge on any atom is 0.0762 e. The van der Waals surface area contributed by atoms with E-state index in [9.17, 15) is 5.21 Å². The molecule has 1 atom stereocenters. The molecule has 0 bridgehead atoms. The van der Waals surface area contributed by atoms with Gasteiger partial charge in [0.2, 0.25) is 0 Å². The molecule has 0 aromatic heterocycles. The van der Waals surface area contributed by atoms with E-state index in [1.165, 1.54) is 11.8 Å². The number of nitrogens with zero attached hydrogens (tertiary/aromatic N) is 2. The molecule has 0 rings (SSSR count).